The Hall–Kier alpha value is -2.88. The molecule has 9 heteroatoms. The molecule has 5 rings (SSSR count). The van der Waals surface area contributed by atoms with Gasteiger partial charge in [0.15, 0.2) is 11.5 Å². The molecule has 0 aromatic heterocycles. The van der Waals surface area contributed by atoms with Gasteiger partial charge in [-0.1, -0.05) is 18.2 Å². The molecular formula is C25H28N2O6S. The fourth-order valence-corrected chi connectivity index (χ4v) is 6.56. The minimum atomic E-state index is -3.57. The number of ether oxygens (including phenoxy) is 3. The molecule has 1 N–H and O–H groups in total. The van der Waals surface area contributed by atoms with Crippen LogP contribution in [-0.4, -0.2) is 52.1 Å². The van der Waals surface area contributed by atoms with Gasteiger partial charge in [-0.2, -0.15) is 4.31 Å². The molecule has 0 saturated carbocycles. The summed E-state index contributed by atoms with van der Waals surface area (Å²) in [4.78, 5) is 11.7. The molecular weight excluding hydrogens is 456 g/mol. The molecule has 2 aromatic rings. The highest BCUT2D eigenvalue weighted by molar-refractivity contribution is 7.89. The van der Waals surface area contributed by atoms with E-state index in [1.807, 2.05) is 24.3 Å². The zero-order chi connectivity index (χ0) is 23.9. The van der Waals surface area contributed by atoms with Crippen molar-refractivity contribution in [3.05, 3.63) is 59.7 Å². The third-order valence-electron chi connectivity index (χ3n) is 6.74. The van der Waals surface area contributed by atoms with E-state index in [0.29, 0.717) is 42.7 Å². The number of anilines is 1. The molecule has 0 amide bonds. The number of methoxy groups -OCH3 is 1. The van der Waals surface area contributed by atoms with Crippen molar-refractivity contribution < 1.29 is 27.4 Å². The maximum atomic E-state index is 13.2. The summed E-state index contributed by atoms with van der Waals surface area (Å²) in [6.07, 6.45) is 5.20. The van der Waals surface area contributed by atoms with E-state index in [0.717, 1.165) is 23.2 Å². The molecule has 0 spiro atoms. The van der Waals surface area contributed by atoms with E-state index in [2.05, 4.69) is 17.5 Å². The summed E-state index contributed by atoms with van der Waals surface area (Å²) < 4.78 is 44.0. The van der Waals surface area contributed by atoms with Gasteiger partial charge in [-0.15, -0.1) is 0 Å². The number of carbonyl (C=O) groups is 1. The van der Waals surface area contributed by atoms with Crippen LogP contribution in [0, 0.1) is 5.92 Å². The van der Waals surface area contributed by atoms with Gasteiger partial charge in [0.1, 0.15) is 0 Å². The second-order valence-corrected chi connectivity index (χ2v) is 10.7. The number of nitrogens with zero attached hydrogens (tertiary/aromatic N) is 1. The van der Waals surface area contributed by atoms with Gasteiger partial charge in [0, 0.05) is 31.6 Å². The largest absolute Gasteiger partial charge is 0.493 e. The molecule has 1 fully saturated rings. The molecule has 2 aliphatic heterocycles. The molecule has 2 heterocycles. The normalized spacial score (nSPS) is 24.1. The summed E-state index contributed by atoms with van der Waals surface area (Å²) in [5.74, 6) is 0.792. The van der Waals surface area contributed by atoms with Gasteiger partial charge in [-0.25, -0.2) is 8.42 Å². The number of hydrogen-bond donors (Lipinski definition) is 1. The smallest absolute Gasteiger partial charge is 0.308 e. The van der Waals surface area contributed by atoms with Crippen LogP contribution in [-0.2, 0) is 19.6 Å². The molecule has 180 valence electrons. The van der Waals surface area contributed by atoms with Crippen molar-refractivity contribution in [2.24, 2.45) is 5.92 Å². The van der Waals surface area contributed by atoms with Crippen molar-refractivity contribution in [2.75, 3.05) is 38.7 Å². The Morgan fingerprint density at radius 2 is 1.91 bits per heavy atom. The first-order valence-corrected chi connectivity index (χ1v) is 12.8. The first-order valence-electron chi connectivity index (χ1n) is 11.4. The summed E-state index contributed by atoms with van der Waals surface area (Å²) in [6.45, 7) is 2.93. The second kappa shape index (κ2) is 9.05. The average molecular weight is 485 g/mol. The number of morpholine rings is 1. The summed E-state index contributed by atoms with van der Waals surface area (Å²) in [7, 11) is -2.02. The Morgan fingerprint density at radius 1 is 1.12 bits per heavy atom. The van der Waals surface area contributed by atoms with Gasteiger partial charge in [0.05, 0.1) is 31.3 Å². The lowest BCUT2D eigenvalue weighted by molar-refractivity contribution is -0.132. The lowest BCUT2D eigenvalue weighted by atomic mass is 9.77. The number of benzene rings is 2. The van der Waals surface area contributed by atoms with Crippen molar-refractivity contribution in [1.29, 1.82) is 0 Å². The first kappa shape index (κ1) is 22.9. The number of carbonyl (C=O) groups excluding carboxylic acids is 1. The SMILES string of the molecule is COc1cc(C2Nc3ccc(S(=O)(=O)N4CCOCC4)cc3C3C=CCC32)ccc1OC(C)=O. The van der Waals surface area contributed by atoms with Crippen LogP contribution in [0.1, 0.15) is 36.4 Å². The third-order valence-corrected chi connectivity index (χ3v) is 8.64. The van der Waals surface area contributed by atoms with Gasteiger partial charge < -0.3 is 19.5 Å². The molecule has 3 unspecified atom stereocenters. The number of rotatable bonds is 5. The fraction of sp³-hybridized carbons (Fsp3) is 0.400. The van der Waals surface area contributed by atoms with Crippen LogP contribution < -0.4 is 14.8 Å². The quantitative estimate of drug-likeness (QED) is 0.395. The molecule has 0 radical (unpaired) electrons. The van der Waals surface area contributed by atoms with E-state index in [4.69, 9.17) is 14.2 Å². The molecule has 8 nitrogen and oxygen atoms in total. The van der Waals surface area contributed by atoms with Gasteiger partial charge in [0.2, 0.25) is 10.0 Å². The number of sulfonamides is 1. The van der Waals surface area contributed by atoms with Crippen LogP contribution in [0.4, 0.5) is 5.69 Å². The summed E-state index contributed by atoms with van der Waals surface area (Å²) in [5, 5.41) is 3.62. The summed E-state index contributed by atoms with van der Waals surface area (Å²) >= 11 is 0. The Bertz CT molecular complexity index is 1240. The predicted octanol–water partition coefficient (Wildman–Crippen LogP) is 3.47. The zero-order valence-corrected chi connectivity index (χ0v) is 20.0. The van der Waals surface area contributed by atoms with Crippen LogP contribution in [0.25, 0.3) is 0 Å². The van der Waals surface area contributed by atoms with E-state index in [-0.39, 0.29) is 17.9 Å². The molecule has 1 aliphatic carbocycles. The molecule has 3 atom stereocenters. The highest BCUT2D eigenvalue weighted by atomic mass is 32.2. The topological polar surface area (TPSA) is 94.2 Å². The highest BCUT2D eigenvalue weighted by Gasteiger charge is 2.39. The van der Waals surface area contributed by atoms with Crippen LogP contribution in [0.2, 0.25) is 0 Å². The van der Waals surface area contributed by atoms with Crippen molar-refractivity contribution >= 4 is 21.7 Å². The molecule has 1 saturated heterocycles. The summed E-state index contributed by atoms with van der Waals surface area (Å²) in [5.41, 5.74) is 2.93. The fourth-order valence-electron chi connectivity index (χ4n) is 5.12. The Morgan fingerprint density at radius 3 is 2.65 bits per heavy atom. The van der Waals surface area contributed by atoms with Crippen molar-refractivity contribution in [3.63, 3.8) is 0 Å². The van der Waals surface area contributed by atoms with Gasteiger partial charge in [-0.3, -0.25) is 4.79 Å². The van der Waals surface area contributed by atoms with E-state index < -0.39 is 16.0 Å². The summed E-state index contributed by atoms with van der Waals surface area (Å²) in [6, 6.07) is 10.9. The lowest BCUT2D eigenvalue weighted by Crippen LogP contribution is -2.40. The Labute approximate surface area is 199 Å². The maximum absolute atomic E-state index is 13.2. The minimum absolute atomic E-state index is 0.00511. The number of fused-ring (bicyclic) bond motifs is 3. The van der Waals surface area contributed by atoms with Crippen molar-refractivity contribution in [1.82, 2.24) is 4.31 Å². The Balaban J connectivity index is 1.48. The number of nitrogens with one attached hydrogen (secondary N) is 1. The van der Waals surface area contributed by atoms with Crippen molar-refractivity contribution in [2.45, 2.75) is 30.2 Å². The first-order chi connectivity index (χ1) is 16.4. The highest BCUT2D eigenvalue weighted by Crippen LogP contribution is 2.51. The average Bonchev–Trinajstić information content (AvgIpc) is 3.34. The maximum Gasteiger partial charge on any atom is 0.308 e. The number of allylic oxidation sites excluding steroid dienone is 2. The monoisotopic (exact) mass is 484 g/mol. The van der Waals surface area contributed by atoms with E-state index >= 15 is 0 Å². The standard InChI is InChI=1S/C25H28N2O6S/c1-16(28)33-23-9-6-17(14-24(23)31-2)25-20-5-3-4-19(20)21-15-18(7-8-22(21)26-25)34(29,30)27-10-12-32-13-11-27/h3-4,6-9,14-15,19-20,25-26H,5,10-13H2,1-2H3. The van der Waals surface area contributed by atoms with Crippen molar-refractivity contribution in [3.8, 4) is 11.5 Å². The molecule has 2 aromatic carbocycles. The van der Waals surface area contributed by atoms with Gasteiger partial charge >= 0.3 is 5.97 Å². The molecule has 3 aliphatic rings. The van der Waals surface area contributed by atoms with Crippen LogP contribution in [0.5, 0.6) is 11.5 Å². The molecule has 0 bridgehead atoms. The van der Waals surface area contributed by atoms with E-state index in [1.54, 1.807) is 19.2 Å². The predicted molar refractivity (Wildman–Crippen MR) is 127 cm³/mol. The van der Waals surface area contributed by atoms with E-state index in [1.165, 1.54) is 11.2 Å². The number of esters is 1. The Kier molecular flexibility index (Phi) is 6.09. The van der Waals surface area contributed by atoms with Crippen LogP contribution in [0.3, 0.4) is 0 Å². The number of hydrogen-bond acceptors (Lipinski definition) is 7. The lowest BCUT2D eigenvalue weighted by Gasteiger charge is -2.38. The zero-order valence-electron chi connectivity index (χ0n) is 19.2. The van der Waals surface area contributed by atoms with E-state index in [9.17, 15) is 13.2 Å². The van der Waals surface area contributed by atoms with Crippen LogP contribution in [0.15, 0.2) is 53.4 Å². The third kappa shape index (κ3) is 4.08. The minimum Gasteiger partial charge on any atom is -0.493 e. The second-order valence-electron chi connectivity index (χ2n) is 8.74. The van der Waals surface area contributed by atoms with Gasteiger partial charge in [0.25, 0.3) is 0 Å². The van der Waals surface area contributed by atoms with Gasteiger partial charge in [-0.05, 0) is 53.8 Å². The van der Waals surface area contributed by atoms with Crippen LogP contribution >= 0.6 is 0 Å². The molecule has 34 heavy (non-hydrogen) atoms.